The SMILES string of the molecule is N#CC1(C(O)c2cc3ccccc3o2)CCCOC1. The average molecular weight is 257 g/mol. The van der Waals surface area contributed by atoms with Gasteiger partial charge < -0.3 is 14.3 Å². The van der Waals surface area contributed by atoms with Gasteiger partial charge in [0.1, 0.15) is 22.9 Å². The van der Waals surface area contributed by atoms with Crippen LogP contribution in [0.15, 0.2) is 34.7 Å². The van der Waals surface area contributed by atoms with Crippen LogP contribution in [0.2, 0.25) is 0 Å². The second-order valence-electron chi connectivity index (χ2n) is 5.01. The molecule has 2 unspecified atom stereocenters. The number of ether oxygens (including phenoxy) is 1. The summed E-state index contributed by atoms with van der Waals surface area (Å²) >= 11 is 0. The minimum Gasteiger partial charge on any atom is -0.458 e. The number of rotatable bonds is 2. The number of benzene rings is 1. The van der Waals surface area contributed by atoms with Gasteiger partial charge in [0.25, 0.3) is 0 Å². The van der Waals surface area contributed by atoms with Gasteiger partial charge in [0.2, 0.25) is 0 Å². The Balaban J connectivity index is 1.98. The van der Waals surface area contributed by atoms with Crippen molar-refractivity contribution in [2.45, 2.75) is 18.9 Å². The molecule has 2 aromatic rings. The van der Waals surface area contributed by atoms with Gasteiger partial charge >= 0.3 is 0 Å². The zero-order chi connectivity index (χ0) is 13.3. The van der Waals surface area contributed by atoms with Gasteiger partial charge in [0.15, 0.2) is 0 Å². The van der Waals surface area contributed by atoms with Gasteiger partial charge in [-0.25, -0.2) is 0 Å². The molecular weight excluding hydrogens is 242 g/mol. The highest BCUT2D eigenvalue weighted by molar-refractivity contribution is 5.77. The maximum absolute atomic E-state index is 10.5. The lowest BCUT2D eigenvalue weighted by atomic mass is 9.78. The summed E-state index contributed by atoms with van der Waals surface area (Å²) in [5.41, 5.74) is -0.173. The predicted molar refractivity (Wildman–Crippen MR) is 69.3 cm³/mol. The van der Waals surface area contributed by atoms with Crippen LogP contribution in [0.25, 0.3) is 11.0 Å². The third-order valence-corrected chi connectivity index (χ3v) is 3.73. The molecule has 98 valence electrons. The van der Waals surface area contributed by atoms with E-state index in [0.717, 1.165) is 17.4 Å². The quantitative estimate of drug-likeness (QED) is 0.898. The van der Waals surface area contributed by atoms with E-state index in [-0.39, 0.29) is 6.61 Å². The summed E-state index contributed by atoms with van der Waals surface area (Å²) in [6.07, 6.45) is 0.456. The van der Waals surface area contributed by atoms with Crippen LogP contribution in [0.1, 0.15) is 24.7 Å². The number of hydrogen-bond acceptors (Lipinski definition) is 4. The number of fused-ring (bicyclic) bond motifs is 1. The van der Waals surface area contributed by atoms with E-state index in [9.17, 15) is 10.4 Å². The van der Waals surface area contributed by atoms with E-state index in [1.165, 1.54) is 0 Å². The van der Waals surface area contributed by atoms with Crippen molar-refractivity contribution in [3.05, 3.63) is 36.1 Å². The molecule has 1 aliphatic heterocycles. The van der Waals surface area contributed by atoms with Crippen molar-refractivity contribution < 1.29 is 14.3 Å². The van der Waals surface area contributed by atoms with Gasteiger partial charge in [-0.3, -0.25) is 0 Å². The lowest BCUT2D eigenvalue weighted by Gasteiger charge is -2.33. The highest BCUT2D eigenvalue weighted by Crippen LogP contribution is 2.41. The number of nitrogens with zero attached hydrogens (tertiary/aromatic N) is 1. The Hall–Kier alpha value is -1.83. The van der Waals surface area contributed by atoms with E-state index in [0.29, 0.717) is 18.8 Å². The molecule has 0 bridgehead atoms. The smallest absolute Gasteiger partial charge is 0.135 e. The third-order valence-electron chi connectivity index (χ3n) is 3.73. The van der Waals surface area contributed by atoms with Crippen LogP contribution in [-0.2, 0) is 4.74 Å². The molecule has 4 heteroatoms. The molecule has 1 N–H and O–H groups in total. The van der Waals surface area contributed by atoms with Crippen molar-refractivity contribution in [2.24, 2.45) is 5.41 Å². The minimum absolute atomic E-state index is 0.252. The first-order chi connectivity index (χ1) is 9.25. The summed E-state index contributed by atoms with van der Waals surface area (Å²) in [5, 5.41) is 20.8. The topological polar surface area (TPSA) is 66.4 Å². The van der Waals surface area contributed by atoms with E-state index >= 15 is 0 Å². The number of aliphatic hydroxyl groups excluding tert-OH is 1. The zero-order valence-electron chi connectivity index (χ0n) is 10.5. The Bertz CT molecular complexity index is 587. The molecular formula is C15H15NO3. The van der Waals surface area contributed by atoms with E-state index in [2.05, 4.69) is 6.07 Å². The Morgan fingerprint density at radius 3 is 2.89 bits per heavy atom. The van der Waals surface area contributed by atoms with Crippen LogP contribution >= 0.6 is 0 Å². The Labute approximate surface area is 111 Å². The number of furan rings is 1. The van der Waals surface area contributed by atoms with Crippen molar-refractivity contribution >= 4 is 11.0 Å². The zero-order valence-corrected chi connectivity index (χ0v) is 10.5. The van der Waals surface area contributed by atoms with E-state index in [1.54, 1.807) is 6.07 Å². The van der Waals surface area contributed by atoms with Crippen molar-refractivity contribution in [1.82, 2.24) is 0 Å². The standard InChI is InChI=1S/C15H15NO3/c16-9-15(6-3-7-18-10-15)14(17)13-8-11-4-1-2-5-12(11)19-13/h1-2,4-5,8,14,17H,3,6-7,10H2. The molecule has 0 radical (unpaired) electrons. The summed E-state index contributed by atoms with van der Waals surface area (Å²) in [6.45, 7) is 0.901. The lowest BCUT2D eigenvalue weighted by molar-refractivity contribution is -0.0575. The third kappa shape index (κ3) is 2.01. The summed E-state index contributed by atoms with van der Waals surface area (Å²) in [7, 11) is 0. The van der Waals surface area contributed by atoms with Gasteiger partial charge in [-0.1, -0.05) is 18.2 Å². The molecule has 0 saturated carbocycles. The van der Waals surface area contributed by atoms with E-state index in [4.69, 9.17) is 9.15 Å². The summed E-state index contributed by atoms with van der Waals surface area (Å²) < 4.78 is 11.0. The van der Waals surface area contributed by atoms with Crippen LogP contribution in [0, 0.1) is 16.7 Å². The normalized spacial score (nSPS) is 25.1. The monoisotopic (exact) mass is 257 g/mol. The molecule has 19 heavy (non-hydrogen) atoms. The first-order valence-corrected chi connectivity index (χ1v) is 6.41. The maximum Gasteiger partial charge on any atom is 0.135 e. The second-order valence-corrected chi connectivity index (χ2v) is 5.01. The van der Waals surface area contributed by atoms with E-state index in [1.807, 2.05) is 24.3 Å². The van der Waals surface area contributed by atoms with Gasteiger partial charge in [-0.2, -0.15) is 5.26 Å². The molecule has 3 rings (SSSR count). The molecule has 2 atom stereocenters. The van der Waals surface area contributed by atoms with Gasteiger partial charge in [-0.05, 0) is 25.0 Å². The fourth-order valence-electron chi connectivity index (χ4n) is 2.59. The summed E-state index contributed by atoms with van der Waals surface area (Å²) in [4.78, 5) is 0. The molecule has 2 heterocycles. The molecule has 0 aliphatic carbocycles. The molecule has 1 saturated heterocycles. The van der Waals surface area contributed by atoms with Crippen LogP contribution in [-0.4, -0.2) is 18.3 Å². The number of aliphatic hydroxyl groups is 1. The average Bonchev–Trinajstić information content (AvgIpc) is 2.91. The highest BCUT2D eigenvalue weighted by atomic mass is 16.5. The summed E-state index contributed by atoms with van der Waals surface area (Å²) in [6, 6.07) is 11.6. The molecule has 1 aromatic carbocycles. The molecule has 1 fully saturated rings. The van der Waals surface area contributed by atoms with Gasteiger partial charge in [0.05, 0.1) is 12.7 Å². The van der Waals surface area contributed by atoms with Crippen LogP contribution < -0.4 is 0 Å². The number of hydrogen-bond donors (Lipinski definition) is 1. The van der Waals surface area contributed by atoms with Crippen molar-refractivity contribution in [3.8, 4) is 6.07 Å². The van der Waals surface area contributed by atoms with Crippen molar-refractivity contribution in [3.63, 3.8) is 0 Å². The second kappa shape index (κ2) is 4.69. The Morgan fingerprint density at radius 2 is 2.21 bits per heavy atom. The predicted octanol–water partition coefficient (Wildman–Crippen LogP) is 2.79. The molecule has 1 aliphatic rings. The molecule has 4 nitrogen and oxygen atoms in total. The minimum atomic E-state index is -0.954. The number of para-hydroxylation sites is 1. The lowest BCUT2D eigenvalue weighted by Crippen LogP contribution is -2.36. The molecule has 0 amide bonds. The van der Waals surface area contributed by atoms with Crippen LogP contribution in [0.4, 0.5) is 0 Å². The Morgan fingerprint density at radius 1 is 1.37 bits per heavy atom. The van der Waals surface area contributed by atoms with Gasteiger partial charge in [-0.15, -0.1) is 0 Å². The largest absolute Gasteiger partial charge is 0.458 e. The fourth-order valence-corrected chi connectivity index (χ4v) is 2.59. The summed E-state index contributed by atoms with van der Waals surface area (Å²) in [5.74, 6) is 0.438. The van der Waals surface area contributed by atoms with E-state index < -0.39 is 11.5 Å². The maximum atomic E-state index is 10.5. The Kier molecular flexibility index (Phi) is 3.02. The van der Waals surface area contributed by atoms with Gasteiger partial charge in [0, 0.05) is 12.0 Å². The van der Waals surface area contributed by atoms with Crippen LogP contribution in [0.3, 0.4) is 0 Å². The first-order valence-electron chi connectivity index (χ1n) is 6.41. The van der Waals surface area contributed by atoms with Crippen molar-refractivity contribution in [2.75, 3.05) is 13.2 Å². The molecule has 0 spiro atoms. The number of nitriles is 1. The fraction of sp³-hybridized carbons (Fsp3) is 0.400. The van der Waals surface area contributed by atoms with Crippen molar-refractivity contribution in [1.29, 1.82) is 5.26 Å². The first kappa shape index (κ1) is 12.2. The molecule has 1 aromatic heterocycles. The highest BCUT2D eigenvalue weighted by Gasteiger charge is 2.42. The van der Waals surface area contributed by atoms with Crippen LogP contribution in [0.5, 0.6) is 0 Å².